The largest absolute Gasteiger partial charge is 0.337 e. The molecule has 3 nitrogen and oxygen atoms in total. The molecule has 0 aliphatic heterocycles. The molecule has 0 fully saturated rings. The quantitative estimate of drug-likeness (QED) is 0.704. The molecule has 0 aliphatic rings. The Morgan fingerprint density at radius 2 is 1.43 bits per heavy atom. The van der Waals surface area contributed by atoms with Gasteiger partial charge in [-0.25, -0.2) is 4.79 Å². The van der Waals surface area contributed by atoms with E-state index in [2.05, 4.69) is 13.2 Å². The first-order valence-electron chi connectivity index (χ1n) is 4.26. The van der Waals surface area contributed by atoms with E-state index in [4.69, 9.17) is 0 Å². The molecule has 14 heavy (non-hydrogen) atoms. The number of fused-ring (bicyclic) bond motifs is 1. The third kappa shape index (κ3) is 0.956. The summed E-state index contributed by atoms with van der Waals surface area (Å²) >= 11 is 0. The Morgan fingerprint density at radius 1 is 1.00 bits per heavy atom. The van der Waals surface area contributed by atoms with Crippen LogP contribution in [0.4, 0.5) is 0 Å². The lowest BCUT2D eigenvalue weighted by atomic mass is 10.3. The van der Waals surface area contributed by atoms with Gasteiger partial charge in [-0.2, -0.15) is 0 Å². The van der Waals surface area contributed by atoms with Crippen LogP contribution in [0.25, 0.3) is 23.4 Å². The summed E-state index contributed by atoms with van der Waals surface area (Å²) in [5.74, 6) is 0. The Bertz CT molecular complexity index is 512. The maximum atomic E-state index is 11.7. The molecule has 0 atom stereocenters. The summed E-state index contributed by atoms with van der Waals surface area (Å²) in [6, 6.07) is 7.52. The predicted molar refractivity (Wildman–Crippen MR) is 59.0 cm³/mol. The van der Waals surface area contributed by atoms with E-state index in [1.165, 1.54) is 21.5 Å². The van der Waals surface area contributed by atoms with Crippen molar-refractivity contribution in [3.8, 4) is 0 Å². The van der Waals surface area contributed by atoms with Gasteiger partial charge in [-0.3, -0.25) is 9.13 Å². The fourth-order valence-corrected chi connectivity index (χ4v) is 1.55. The van der Waals surface area contributed by atoms with Crippen molar-refractivity contribution >= 4 is 23.4 Å². The highest BCUT2D eigenvalue weighted by Gasteiger charge is 2.07. The van der Waals surface area contributed by atoms with Crippen molar-refractivity contribution in [3.05, 3.63) is 47.9 Å². The molecule has 0 bridgehead atoms. The van der Waals surface area contributed by atoms with Gasteiger partial charge in [0.1, 0.15) is 0 Å². The Kier molecular flexibility index (Phi) is 1.85. The molecule has 0 saturated carbocycles. The van der Waals surface area contributed by atoms with Gasteiger partial charge < -0.3 is 0 Å². The summed E-state index contributed by atoms with van der Waals surface area (Å²) in [5, 5.41) is 0. The Balaban J connectivity index is 3.06. The summed E-state index contributed by atoms with van der Waals surface area (Å²) in [5.41, 5.74) is 1.54. The first-order chi connectivity index (χ1) is 6.79. The number of nitrogens with zero attached hydrogens (tertiary/aromatic N) is 2. The summed E-state index contributed by atoms with van der Waals surface area (Å²) in [4.78, 5) is 11.7. The van der Waals surface area contributed by atoms with Crippen molar-refractivity contribution in [2.75, 3.05) is 0 Å². The van der Waals surface area contributed by atoms with Crippen LogP contribution in [0.5, 0.6) is 0 Å². The van der Waals surface area contributed by atoms with Gasteiger partial charge in [0, 0.05) is 12.4 Å². The minimum absolute atomic E-state index is 0.142. The van der Waals surface area contributed by atoms with Gasteiger partial charge in [0.25, 0.3) is 0 Å². The molecule has 2 aromatic rings. The predicted octanol–water partition coefficient (Wildman–Crippen LogP) is 2.00. The average molecular weight is 186 g/mol. The molecule has 3 heteroatoms. The molecule has 1 aromatic carbocycles. The van der Waals surface area contributed by atoms with Crippen LogP contribution >= 0.6 is 0 Å². The van der Waals surface area contributed by atoms with Gasteiger partial charge >= 0.3 is 5.69 Å². The number of aromatic nitrogens is 2. The van der Waals surface area contributed by atoms with Crippen LogP contribution < -0.4 is 5.69 Å². The first-order valence-corrected chi connectivity index (χ1v) is 4.26. The number of hydrogen-bond acceptors (Lipinski definition) is 1. The summed E-state index contributed by atoms with van der Waals surface area (Å²) < 4.78 is 2.99. The van der Waals surface area contributed by atoms with E-state index in [-0.39, 0.29) is 5.69 Å². The smallest absolute Gasteiger partial charge is 0.268 e. The van der Waals surface area contributed by atoms with Crippen molar-refractivity contribution in [1.82, 2.24) is 9.13 Å². The fourth-order valence-electron chi connectivity index (χ4n) is 1.55. The molecular weight excluding hydrogens is 176 g/mol. The third-order valence-electron chi connectivity index (χ3n) is 2.18. The normalized spacial score (nSPS) is 10.3. The Hall–Kier alpha value is -2.03. The summed E-state index contributed by atoms with van der Waals surface area (Å²) in [7, 11) is 0. The van der Waals surface area contributed by atoms with Gasteiger partial charge in [0.15, 0.2) is 0 Å². The van der Waals surface area contributed by atoms with Crippen molar-refractivity contribution in [2.24, 2.45) is 0 Å². The minimum atomic E-state index is -0.142. The van der Waals surface area contributed by atoms with Crippen LogP contribution in [0.15, 0.2) is 42.2 Å². The fraction of sp³-hybridized carbons (Fsp3) is 0. The molecular formula is C11H10N2O. The monoisotopic (exact) mass is 186 g/mol. The number of imidazole rings is 1. The van der Waals surface area contributed by atoms with E-state index in [9.17, 15) is 4.79 Å². The molecule has 0 N–H and O–H groups in total. The molecule has 70 valence electrons. The highest BCUT2D eigenvalue weighted by molar-refractivity contribution is 5.79. The molecule has 1 aromatic heterocycles. The van der Waals surface area contributed by atoms with Crippen LogP contribution in [0.1, 0.15) is 0 Å². The SMILES string of the molecule is C=Cn1c(=O)n(C=C)c2ccccc21. The average Bonchev–Trinajstić information content (AvgIpc) is 2.49. The molecule has 0 aliphatic carbocycles. The Morgan fingerprint density at radius 3 is 1.79 bits per heavy atom. The molecule has 2 rings (SSSR count). The molecule has 0 spiro atoms. The van der Waals surface area contributed by atoms with Crippen LogP contribution in [-0.4, -0.2) is 9.13 Å². The Labute approximate surface area is 81.2 Å². The van der Waals surface area contributed by atoms with E-state index in [0.717, 1.165) is 11.0 Å². The zero-order valence-electron chi connectivity index (χ0n) is 7.68. The second-order valence-corrected chi connectivity index (χ2v) is 2.88. The molecule has 0 radical (unpaired) electrons. The van der Waals surface area contributed by atoms with E-state index < -0.39 is 0 Å². The maximum Gasteiger partial charge on any atom is 0.337 e. The van der Waals surface area contributed by atoms with E-state index in [1.807, 2.05) is 24.3 Å². The van der Waals surface area contributed by atoms with E-state index in [1.54, 1.807) is 0 Å². The molecule has 0 saturated heterocycles. The molecule has 0 amide bonds. The van der Waals surface area contributed by atoms with Crippen LogP contribution in [0.3, 0.4) is 0 Å². The van der Waals surface area contributed by atoms with E-state index >= 15 is 0 Å². The van der Waals surface area contributed by atoms with Gasteiger partial charge in [0.05, 0.1) is 11.0 Å². The van der Waals surface area contributed by atoms with Crippen molar-refractivity contribution < 1.29 is 0 Å². The van der Waals surface area contributed by atoms with E-state index in [0.29, 0.717) is 0 Å². The van der Waals surface area contributed by atoms with Crippen LogP contribution in [-0.2, 0) is 0 Å². The lowest BCUT2D eigenvalue weighted by Crippen LogP contribution is -2.17. The standard InChI is InChI=1S/C11H10N2O/c1-3-12-9-7-5-6-8-10(9)13(4-2)11(12)14/h3-8H,1-2H2. The van der Waals surface area contributed by atoms with Gasteiger partial charge in [-0.15, -0.1) is 0 Å². The number of hydrogen-bond donors (Lipinski definition) is 0. The highest BCUT2D eigenvalue weighted by atomic mass is 16.1. The summed E-state index contributed by atoms with van der Waals surface area (Å²) in [6.45, 7) is 7.21. The second kappa shape index (κ2) is 3.03. The van der Waals surface area contributed by atoms with Crippen LogP contribution in [0.2, 0.25) is 0 Å². The topological polar surface area (TPSA) is 26.9 Å². The maximum absolute atomic E-state index is 11.7. The van der Waals surface area contributed by atoms with Gasteiger partial charge in [0.2, 0.25) is 0 Å². The third-order valence-corrected chi connectivity index (χ3v) is 2.18. The zero-order valence-corrected chi connectivity index (χ0v) is 7.68. The highest BCUT2D eigenvalue weighted by Crippen LogP contribution is 2.12. The van der Waals surface area contributed by atoms with Gasteiger partial charge in [-0.1, -0.05) is 25.3 Å². The zero-order chi connectivity index (χ0) is 10.1. The van der Waals surface area contributed by atoms with Crippen molar-refractivity contribution in [2.45, 2.75) is 0 Å². The lowest BCUT2D eigenvalue weighted by molar-refractivity contribution is 1.00. The molecule has 1 heterocycles. The number of rotatable bonds is 2. The number of benzene rings is 1. The van der Waals surface area contributed by atoms with Crippen molar-refractivity contribution in [1.29, 1.82) is 0 Å². The summed E-state index contributed by atoms with van der Waals surface area (Å²) in [6.07, 6.45) is 3.01. The second-order valence-electron chi connectivity index (χ2n) is 2.88. The van der Waals surface area contributed by atoms with Gasteiger partial charge in [-0.05, 0) is 12.1 Å². The lowest BCUT2D eigenvalue weighted by Gasteiger charge is -1.92. The number of para-hydroxylation sites is 2. The van der Waals surface area contributed by atoms with Crippen LogP contribution in [0, 0.1) is 0 Å². The first kappa shape index (κ1) is 8.56. The minimum Gasteiger partial charge on any atom is -0.268 e. The van der Waals surface area contributed by atoms with Crippen molar-refractivity contribution in [3.63, 3.8) is 0 Å². The molecule has 0 unspecified atom stereocenters.